The molecule has 0 spiro atoms. The number of hydrogen-bond donors (Lipinski definition) is 3. The maximum atomic E-state index is 11.6. The fourth-order valence-corrected chi connectivity index (χ4v) is 1.92. The highest BCUT2D eigenvalue weighted by atomic mass is 16.5. The van der Waals surface area contributed by atoms with Gasteiger partial charge in [-0.25, -0.2) is 4.79 Å². The molecule has 0 unspecified atom stereocenters. The lowest BCUT2D eigenvalue weighted by atomic mass is 10.2. The number of rotatable bonds is 2. The molecule has 0 saturated carbocycles. The van der Waals surface area contributed by atoms with E-state index < -0.39 is 29.7 Å². The van der Waals surface area contributed by atoms with Gasteiger partial charge >= 0.3 is 5.69 Å². The molecule has 2 heterocycles. The Hall–Kier alpha value is -1.95. The van der Waals surface area contributed by atoms with Crippen molar-refractivity contribution < 1.29 is 14.9 Å². The average Bonchev–Trinajstić information content (AvgIpc) is 2.69. The van der Waals surface area contributed by atoms with Gasteiger partial charge in [0, 0.05) is 12.5 Å². The first-order chi connectivity index (χ1) is 8.56. The Balaban J connectivity index is 2.49. The zero-order chi connectivity index (χ0) is 13.3. The Morgan fingerprint density at radius 2 is 2.33 bits per heavy atom. The van der Waals surface area contributed by atoms with Crippen molar-refractivity contribution in [2.24, 2.45) is 0 Å². The van der Waals surface area contributed by atoms with Crippen LogP contribution in [0, 0.1) is 11.3 Å². The number of aliphatic hydroxyl groups excluding tert-OH is 2. The van der Waals surface area contributed by atoms with Gasteiger partial charge in [-0.15, -0.1) is 0 Å². The quantitative estimate of drug-likeness (QED) is 0.562. The summed E-state index contributed by atoms with van der Waals surface area (Å²) < 4.78 is 6.14. The second-order valence-electron chi connectivity index (χ2n) is 3.94. The van der Waals surface area contributed by atoms with E-state index in [1.54, 1.807) is 6.07 Å². The topological polar surface area (TPSA) is 128 Å². The van der Waals surface area contributed by atoms with E-state index in [2.05, 4.69) is 0 Å². The summed E-state index contributed by atoms with van der Waals surface area (Å²) in [4.78, 5) is 24.7. The van der Waals surface area contributed by atoms with Crippen LogP contribution in [0.25, 0.3) is 0 Å². The van der Waals surface area contributed by atoms with Gasteiger partial charge in [-0.1, -0.05) is 0 Å². The van der Waals surface area contributed by atoms with Crippen LogP contribution < -0.4 is 11.2 Å². The minimum absolute atomic E-state index is 0.150. The molecular formula is C10H11N3O5. The van der Waals surface area contributed by atoms with E-state index in [1.807, 2.05) is 4.98 Å². The molecule has 3 atom stereocenters. The van der Waals surface area contributed by atoms with Gasteiger partial charge in [-0.05, 0) is 0 Å². The minimum Gasteiger partial charge on any atom is -0.394 e. The van der Waals surface area contributed by atoms with Crippen LogP contribution in [0.3, 0.4) is 0 Å². The number of hydrogen-bond acceptors (Lipinski definition) is 6. The third-order valence-electron chi connectivity index (χ3n) is 2.71. The van der Waals surface area contributed by atoms with E-state index in [4.69, 9.17) is 15.1 Å². The van der Waals surface area contributed by atoms with Gasteiger partial charge in [-0.3, -0.25) is 14.3 Å². The number of aromatic nitrogens is 2. The summed E-state index contributed by atoms with van der Waals surface area (Å²) >= 11 is 0. The molecule has 0 aromatic carbocycles. The van der Waals surface area contributed by atoms with Crippen molar-refractivity contribution in [3.8, 4) is 6.07 Å². The Labute approximate surface area is 101 Å². The molecule has 0 radical (unpaired) electrons. The second-order valence-corrected chi connectivity index (χ2v) is 3.94. The fraction of sp³-hybridized carbons (Fsp3) is 0.500. The number of ether oxygens (including phenoxy) is 1. The van der Waals surface area contributed by atoms with Crippen LogP contribution in [0.4, 0.5) is 0 Å². The Morgan fingerprint density at radius 1 is 1.61 bits per heavy atom. The van der Waals surface area contributed by atoms with Gasteiger partial charge in [0.15, 0.2) is 6.23 Å². The summed E-state index contributed by atoms with van der Waals surface area (Å²) in [6.07, 6.45) is -2.56. The molecule has 8 nitrogen and oxygen atoms in total. The van der Waals surface area contributed by atoms with Crippen molar-refractivity contribution in [1.29, 1.82) is 5.26 Å². The number of aliphatic hydroxyl groups is 2. The van der Waals surface area contributed by atoms with E-state index in [1.165, 1.54) is 0 Å². The molecule has 96 valence electrons. The Kier molecular flexibility index (Phi) is 3.29. The van der Waals surface area contributed by atoms with Gasteiger partial charge in [0.25, 0.3) is 5.56 Å². The van der Waals surface area contributed by atoms with Gasteiger partial charge in [-0.2, -0.15) is 5.26 Å². The predicted molar refractivity (Wildman–Crippen MR) is 57.7 cm³/mol. The molecule has 1 aromatic heterocycles. The first-order valence-electron chi connectivity index (χ1n) is 5.27. The summed E-state index contributed by atoms with van der Waals surface area (Å²) in [6.45, 7) is -0.298. The molecule has 3 N–H and O–H groups in total. The number of nitrogens with one attached hydrogen (secondary N) is 1. The zero-order valence-corrected chi connectivity index (χ0v) is 9.24. The van der Waals surface area contributed by atoms with Gasteiger partial charge in [0.2, 0.25) is 0 Å². The van der Waals surface area contributed by atoms with E-state index in [0.29, 0.717) is 0 Å². The van der Waals surface area contributed by atoms with Crippen LogP contribution in [-0.2, 0) is 4.74 Å². The van der Waals surface area contributed by atoms with Crippen molar-refractivity contribution >= 4 is 0 Å². The van der Waals surface area contributed by atoms with Crippen LogP contribution >= 0.6 is 0 Å². The normalized spacial score (nSPS) is 27.1. The van der Waals surface area contributed by atoms with E-state index in [9.17, 15) is 14.7 Å². The van der Waals surface area contributed by atoms with E-state index in [0.717, 1.165) is 10.6 Å². The van der Waals surface area contributed by atoms with Crippen LogP contribution in [0.1, 0.15) is 18.3 Å². The molecule has 1 saturated heterocycles. The second kappa shape index (κ2) is 4.73. The highest BCUT2D eigenvalue weighted by Crippen LogP contribution is 2.27. The number of aromatic amines is 1. The molecule has 8 heteroatoms. The molecule has 1 aliphatic rings. The monoisotopic (exact) mass is 253 g/mol. The molecule has 0 aliphatic carbocycles. The summed E-state index contributed by atoms with van der Waals surface area (Å²) in [5.41, 5.74) is -1.73. The molecule has 1 fully saturated rings. The number of nitriles is 1. The van der Waals surface area contributed by atoms with E-state index in [-0.39, 0.29) is 18.7 Å². The van der Waals surface area contributed by atoms with Crippen molar-refractivity contribution in [2.75, 3.05) is 6.61 Å². The van der Waals surface area contributed by atoms with Crippen LogP contribution in [-0.4, -0.2) is 38.6 Å². The minimum atomic E-state index is -1.08. The standard InChI is InChI=1S/C10H11N3O5/c11-3-5-1-8(16)12-10(17)13(5)9-7(15)2-6(4-14)18-9/h1,6-7,9,14-15H,2,4H2,(H,12,16,17)/t6-,7+,9+/m0/s1. The maximum Gasteiger partial charge on any atom is 0.331 e. The van der Waals surface area contributed by atoms with Crippen LogP contribution in [0.15, 0.2) is 15.7 Å². The molecule has 0 amide bonds. The third-order valence-corrected chi connectivity index (χ3v) is 2.71. The predicted octanol–water partition coefficient (Wildman–Crippen LogP) is -1.95. The van der Waals surface area contributed by atoms with Crippen LogP contribution in [0.2, 0.25) is 0 Å². The number of H-pyrrole nitrogens is 1. The lowest BCUT2D eigenvalue weighted by molar-refractivity contribution is -0.0534. The lowest BCUT2D eigenvalue weighted by Crippen LogP contribution is -2.37. The van der Waals surface area contributed by atoms with Crippen molar-refractivity contribution in [3.63, 3.8) is 0 Å². The molecule has 1 aliphatic heterocycles. The molecule has 1 aromatic rings. The van der Waals surface area contributed by atoms with Crippen molar-refractivity contribution in [2.45, 2.75) is 24.9 Å². The molecule has 0 bridgehead atoms. The van der Waals surface area contributed by atoms with Crippen LogP contribution in [0.5, 0.6) is 0 Å². The summed E-state index contributed by atoms with van der Waals surface area (Å²) in [6, 6.07) is 2.65. The zero-order valence-electron chi connectivity index (χ0n) is 9.24. The highest BCUT2D eigenvalue weighted by Gasteiger charge is 2.36. The first kappa shape index (κ1) is 12.5. The molecule has 18 heavy (non-hydrogen) atoms. The fourth-order valence-electron chi connectivity index (χ4n) is 1.92. The first-order valence-corrected chi connectivity index (χ1v) is 5.27. The molecular weight excluding hydrogens is 242 g/mol. The summed E-state index contributed by atoms with van der Waals surface area (Å²) in [5, 5.41) is 27.6. The lowest BCUT2D eigenvalue weighted by Gasteiger charge is -2.18. The Morgan fingerprint density at radius 3 is 2.89 bits per heavy atom. The third kappa shape index (κ3) is 2.06. The average molecular weight is 253 g/mol. The highest BCUT2D eigenvalue weighted by molar-refractivity contribution is 5.19. The van der Waals surface area contributed by atoms with Gasteiger partial charge in [0.05, 0.1) is 12.7 Å². The maximum absolute atomic E-state index is 11.6. The Bertz CT molecular complexity index is 599. The van der Waals surface area contributed by atoms with Crippen molar-refractivity contribution in [3.05, 3.63) is 32.6 Å². The van der Waals surface area contributed by atoms with Gasteiger partial charge in [0.1, 0.15) is 17.9 Å². The summed E-state index contributed by atoms with van der Waals surface area (Å²) in [5.74, 6) is 0. The smallest absolute Gasteiger partial charge is 0.331 e. The summed E-state index contributed by atoms with van der Waals surface area (Å²) in [7, 11) is 0. The van der Waals surface area contributed by atoms with Gasteiger partial charge < -0.3 is 14.9 Å². The SMILES string of the molecule is N#Cc1cc(=O)[nH]c(=O)n1[C@@H]1O[C@H](CO)C[C@H]1O. The van der Waals surface area contributed by atoms with E-state index >= 15 is 0 Å². The molecule has 2 rings (SSSR count). The van der Waals surface area contributed by atoms with Crippen molar-refractivity contribution in [1.82, 2.24) is 9.55 Å². The number of nitrogens with zero attached hydrogens (tertiary/aromatic N) is 2. The largest absolute Gasteiger partial charge is 0.394 e.